The molecule has 0 saturated carbocycles. The number of hydrogen-bond donors (Lipinski definition) is 0. The van der Waals surface area contributed by atoms with Gasteiger partial charge < -0.3 is 34.9 Å². The molecular weight excluding hydrogens is 795 g/mol. The molecule has 0 unspecified atom stereocenters. The number of hydrogen-bond acceptors (Lipinski definition) is 8. The van der Waals surface area contributed by atoms with E-state index in [0.29, 0.717) is 11.4 Å². The standard InChI is InChI=1S/C12H18BF3N2O2.C9H19BO3.C6H6BrF3N2.C4H8O.C4H9.Li/c1-7-8(9(12(14,15)16)17-18(7)6)13-19-10(2,3)11(4,5)20-13;1-7(2)11-10-12-8(3,4)9(5,6)13-10;1-3-4(7)5(6(8,9)10)11-12(3)2;1-2-4-5-3-1;1-3-4-2;/h1-6H3;7H,1-6H3;1-2H3;1-4H2;1,3-4H2,2H3;/q;;;;-1;+1. The molecule has 0 bridgehead atoms. The third-order valence-electron chi connectivity index (χ3n) is 9.46. The summed E-state index contributed by atoms with van der Waals surface area (Å²) >= 11 is 2.83. The largest absolute Gasteiger partial charge is 1.00 e. The molecule has 3 fully saturated rings. The molecule has 0 aromatic carbocycles. The number of aromatic nitrogens is 4. The van der Waals surface area contributed by atoms with Crippen molar-refractivity contribution in [2.24, 2.45) is 14.1 Å². The summed E-state index contributed by atoms with van der Waals surface area (Å²) in [6, 6.07) is 0. The number of alkyl halides is 6. The van der Waals surface area contributed by atoms with E-state index in [1.165, 1.54) is 42.7 Å². The van der Waals surface area contributed by atoms with Crippen molar-refractivity contribution < 1.29 is 73.2 Å². The van der Waals surface area contributed by atoms with Crippen LogP contribution in [0.3, 0.4) is 0 Å². The van der Waals surface area contributed by atoms with Gasteiger partial charge in [0, 0.05) is 50.3 Å². The molecule has 5 heterocycles. The monoisotopic (exact) mass is 854 g/mol. The van der Waals surface area contributed by atoms with Crippen molar-refractivity contribution in [3.8, 4) is 0 Å². The smallest absolute Gasteiger partial charge is 0.399 e. The van der Waals surface area contributed by atoms with Crippen molar-refractivity contribution in [3.63, 3.8) is 0 Å². The first-order valence-corrected chi connectivity index (χ1v) is 18.8. The summed E-state index contributed by atoms with van der Waals surface area (Å²) in [5.74, 6) is 0. The third-order valence-corrected chi connectivity index (χ3v) is 10.4. The summed E-state index contributed by atoms with van der Waals surface area (Å²) in [4.78, 5) is 0. The molecule has 3 saturated heterocycles. The normalized spacial score (nSPS) is 19.3. The van der Waals surface area contributed by atoms with Crippen molar-refractivity contribution in [2.75, 3.05) is 13.2 Å². The average Bonchev–Trinajstić information content (AvgIpc) is 3.81. The Morgan fingerprint density at radius 2 is 1.13 bits per heavy atom. The molecule has 312 valence electrons. The molecule has 3 aliphatic heterocycles. The zero-order valence-corrected chi connectivity index (χ0v) is 37.2. The minimum Gasteiger partial charge on any atom is -0.399 e. The second kappa shape index (κ2) is 21.3. The number of nitrogens with zero attached hydrogens (tertiary/aromatic N) is 4. The van der Waals surface area contributed by atoms with Gasteiger partial charge >= 0.3 is 45.7 Å². The summed E-state index contributed by atoms with van der Waals surface area (Å²) in [5, 5.41) is 6.88. The van der Waals surface area contributed by atoms with Gasteiger partial charge in [0.2, 0.25) is 0 Å². The van der Waals surface area contributed by atoms with E-state index in [-0.39, 0.29) is 46.1 Å². The number of halogens is 7. The van der Waals surface area contributed by atoms with Gasteiger partial charge in [0.25, 0.3) is 0 Å². The zero-order chi connectivity index (χ0) is 42.3. The van der Waals surface area contributed by atoms with Crippen LogP contribution in [-0.2, 0) is 54.5 Å². The quantitative estimate of drug-likeness (QED) is 0.211. The molecular formula is C35H60B2BrF6LiN4O6. The fourth-order valence-corrected chi connectivity index (χ4v) is 4.98. The molecule has 20 heteroatoms. The number of ether oxygens (including phenoxy) is 1. The van der Waals surface area contributed by atoms with E-state index >= 15 is 0 Å². The summed E-state index contributed by atoms with van der Waals surface area (Å²) in [6.45, 7) is 30.0. The zero-order valence-electron chi connectivity index (χ0n) is 35.6. The molecule has 3 aliphatic rings. The average molecular weight is 855 g/mol. The van der Waals surface area contributed by atoms with Crippen LogP contribution in [0.15, 0.2) is 4.47 Å². The van der Waals surface area contributed by atoms with E-state index < -0.39 is 49.4 Å². The van der Waals surface area contributed by atoms with E-state index in [4.69, 9.17) is 28.0 Å². The van der Waals surface area contributed by atoms with Crippen molar-refractivity contribution in [1.29, 1.82) is 0 Å². The molecule has 0 radical (unpaired) electrons. The summed E-state index contributed by atoms with van der Waals surface area (Å²) in [7, 11) is 1.35. The molecule has 5 rings (SSSR count). The fraction of sp³-hybridized carbons (Fsp3) is 0.800. The second-order valence-corrected chi connectivity index (χ2v) is 16.1. The molecule has 2 aromatic heterocycles. The predicted octanol–water partition coefficient (Wildman–Crippen LogP) is 5.98. The Labute approximate surface area is 345 Å². The van der Waals surface area contributed by atoms with Crippen LogP contribution in [0.5, 0.6) is 0 Å². The molecule has 55 heavy (non-hydrogen) atoms. The minimum atomic E-state index is -4.54. The predicted molar refractivity (Wildman–Crippen MR) is 202 cm³/mol. The van der Waals surface area contributed by atoms with Gasteiger partial charge in [0.15, 0.2) is 11.4 Å². The van der Waals surface area contributed by atoms with Gasteiger partial charge in [-0.3, -0.25) is 9.36 Å². The summed E-state index contributed by atoms with van der Waals surface area (Å²) in [5.41, 5.74) is -3.00. The summed E-state index contributed by atoms with van der Waals surface area (Å²) < 4.78 is 111. The molecule has 0 amide bonds. The van der Waals surface area contributed by atoms with Crippen LogP contribution >= 0.6 is 15.9 Å². The maximum Gasteiger partial charge on any atom is 1.00 e. The van der Waals surface area contributed by atoms with Crippen molar-refractivity contribution in [1.82, 2.24) is 19.6 Å². The maximum absolute atomic E-state index is 13.1. The van der Waals surface area contributed by atoms with E-state index in [0.717, 1.165) is 19.6 Å². The first kappa shape index (κ1) is 54.0. The van der Waals surface area contributed by atoms with Crippen LogP contribution in [0.4, 0.5) is 26.3 Å². The number of rotatable bonds is 4. The molecule has 0 aliphatic carbocycles. The molecule has 0 N–H and O–H groups in total. The van der Waals surface area contributed by atoms with E-state index in [1.807, 2.05) is 41.5 Å². The van der Waals surface area contributed by atoms with E-state index in [1.54, 1.807) is 41.5 Å². The Balaban J connectivity index is 0.000000728. The van der Waals surface area contributed by atoms with Gasteiger partial charge in [0.05, 0.1) is 26.9 Å². The first-order valence-electron chi connectivity index (χ1n) is 18.0. The maximum atomic E-state index is 13.1. The Kier molecular flexibility index (Phi) is 20.9. The van der Waals surface area contributed by atoms with E-state index in [9.17, 15) is 26.3 Å². The van der Waals surface area contributed by atoms with Crippen LogP contribution in [0.2, 0.25) is 0 Å². The Hall–Kier alpha value is -1.03. The summed E-state index contributed by atoms with van der Waals surface area (Å²) in [6.07, 6.45) is -3.97. The molecule has 0 atom stereocenters. The van der Waals surface area contributed by atoms with Gasteiger partial charge in [-0.1, -0.05) is 13.3 Å². The van der Waals surface area contributed by atoms with Crippen molar-refractivity contribution in [3.05, 3.63) is 34.2 Å². The van der Waals surface area contributed by atoms with Gasteiger partial charge in [-0.25, -0.2) is 0 Å². The second-order valence-electron chi connectivity index (χ2n) is 15.3. The Bertz CT molecular complexity index is 1430. The fourth-order valence-electron chi connectivity index (χ4n) is 4.42. The van der Waals surface area contributed by atoms with Crippen LogP contribution in [0.1, 0.15) is 125 Å². The first-order chi connectivity index (χ1) is 24.4. The van der Waals surface area contributed by atoms with Crippen LogP contribution in [0, 0.1) is 20.8 Å². The molecule has 0 spiro atoms. The molecule has 2 aromatic rings. The van der Waals surface area contributed by atoms with Crippen molar-refractivity contribution in [2.45, 2.75) is 157 Å². The van der Waals surface area contributed by atoms with Gasteiger partial charge in [-0.15, -0.1) is 0 Å². The van der Waals surface area contributed by atoms with Crippen LogP contribution in [0.25, 0.3) is 0 Å². The Morgan fingerprint density at radius 1 is 0.764 bits per heavy atom. The van der Waals surface area contributed by atoms with Gasteiger partial charge in [0.1, 0.15) is 0 Å². The molecule has 10 nitrogen and oxygen atoms in total. The Morgan fingerprint density at radius 3 is 1.40 bits per heavy atom. The van der Waals surface area contributed by atoms with Crippen LogP contribution in [-0.4, -0.2) is 75.7 Å². The van der Waals surface area contributed by atoms with Gasteiger partial charge in [-0.05, 0) is 112 Å². The topological polar surface area (TPSA) is 91.0 Å². The third kappa shape index (κ3) is 15.3. The minimum absolute atomic E-state index is 0. The van der Waals surface area contributed by atoms with Gasteiger partial charge in [-0.2, -0.15) is 43.0 Å². The van der Waals surface area contributed by atoms with Crippen molar-refractivity contribution >= 4 is 35.8 Å². The SMILES string of the molecule is C1CCOC1.CC(C)OB1OC(C)(C)C(C)(C)O1.Cc1c(B2OC(C)(C)C(C)(C)O2)c(C(F)(F)F)nn1C.Cc1c(Br)c(C(F)(F)F)nn1C.[CH2-]CCC.[Li+]. The van der Waals surface area contributed by atoms with E-state index in [2.05, 4.69) is 40.0 Å². The van der Waals surface area contributed by atoms with Crippen LogP contribution < -0.4 is 24.3 Å². The number of aryl methyl sites for hydroxylation is 2. The number of unbranched alkanes of at least 4 members (excludes halogenated alkanes) is 1.